The summed E-state index contributed by atoms with van der Waals surface area (Å²) in [6.45, 7) is 5.81. The average Bonchev–Trinajstić information content (AvgIpc) is 2.20. The van der Waals surface area contributed by atoms with Crippen molar-refractivity contribution < 1.29 is 4.39 Å². The largest absolute Gasteiger partial charge is 0.313 e. The van der Waals surface area contributed by atoms with Crippen molar-refractivity contribution in [3.8, 4) is 0 Å². The van der Waals surface area contributed by atoms with E-state index < -0.39 is 0 Å². The van der Waals surface area contributed by atoms with Gasteiger partial charge in [0.05, 0.1) is 5.02 Å². The van der Waals surface area contributed by atoms with Crippen LogP contribution < -0.4 is 5.32 Å². The van der Waals surface area contributed by atoms with Crippen LogP contribution in [0.4, 0.5) is 4.39 Å². The Labute approximate surface area is 95.0 Å². The third-order valence-electron chi connectivity index (χ3n) is 2.01. The second kappa shape index (κ2) is 5.89. The fourth-order valence-corrected chi connectivity index (χ4v) is 1.38. The van der Waals surface area contributed by atoms with E-state index in [0.29, 0.717) is 0 Å². The Morgan fingerprint density at radius 1 is 1.53 bits per heavy atom. The molecule has 82 valence electrons. The maximum Gasteiger partial charge on any atom is 0.142 e. The monoisotopic (exact) mass is 227 g/mol. The zero-order valence-electron chi connectivity index (χ0n) is 8.98. The number of benzene rings is 1. The minimum absolute atomic E-state index is 0.163. The summed E-state index contributed by atoms with van der Waals surface area (Å²) in [4.78, 5) is 0. The van der Waals surface area contributed by atoms with Crippen molar-refractivity contribution in [1.29, 1.82) is 0 Å². The summed E-state index contributed by atoms with van der Waals surface area (Å²) >= 11 is 5.59. The molecule has 0 aliphatic rings. The maximum absolute atomic E-state index is 13.1. The molecular weight excluding hydrogens is 213 g/mol. The minimum atomic E-state index is -0.373. The maximum atomic E-state index is 13.1. The third kappa shape index (κ3) is 4.02. The predicted octanol–water partition coefficient (Wildman–Crippen LogP) is 3.49. The molecule has 0 bridgehead atoms. The van der Waals surface area contributed by atoms with Gasteiger partial charge in [-0.05, 0) is 31.2 Å². The van der Waals surface area contributed by atoms with Crippen LogP contribution in [0.1, 0.15) is 19.4 Å². The Morgan fingerprint density at radius 3 is 2.87 bits per heavy atom. The zero-order valence-corrected chi connectivity index (χ0v) is 9.74. The van der Waals surface area contributed by atoms with Gasteiger partial charge in [-0.3, -0.25) is 0 Å². The molecule has 0 aromatic heterocycles. The molecule has 0 unspecified atom stereocenters. The van der Waals surface area contributed by atoms with Crippen molar-refractivity contribution in [2.24, 2.45) is 0 Å². The minimum Gasteiger partial charge on any atom is -0.313 e. The summed E-state index contributed by atoms with van der Waals surface area (Å²) in [5.41, 5.74) is 2.01. The Bertz CT molecular complexity index is 361. The summed E-state index contributed by atoms with van der Waals surface area (Å²) < 4.78 is 13.1. The predicted molar refractivity (Wildman–Crippen MR) is 63.6 cm³/mol. The number of nitrogens with one attached hydrogen (secondary N) is 1. The second-order valence-electron chi connectivity index (χ2n) is 3.44. The SMILES string of the molecule is CCNCC(C)=Cc1ccc(Cl)c(F)c1. The molecule has 0 radical (unpaired) electrons. The van der Waals surface area contributed by atoms with E-state index in [-0.39, 0.29) is 10.8 Å². The van der Waals surface area contributed by atoms with E-state index in [1.165, 1.54) is 11.6 Å². The fraction of sp³-hybridized carbons (Fsp3) is 0.333. The van der Waals surface area contributed by atoms with Gasteiger partial charge >= 0.3 is 0 Å². The highest BCUT2D eigenvalue weighted by Gasteiger charge is 1.99. The first-order chi connectivity index (χ1) is 7.13. The van der Waals surface area contributed by atoms with E-state index >= 15 is 0 Å². The van der Waals surface area contributed by atoms with Gasteiger partial charge in [-0.1, -0.05) is 36.2 Å². The molecule has 0 saturated carbocycles. The standard InChI is InChI=1S/C12H15ClFN/c1-3-15-8-9(2)6-10-4-5-11(13)12(14)7-10/h4-7,15H,3,8H2,1-2H3. The molecule has 15 heavy (non-hydrogen) atoms. The first kappa shape index (κ1) is 12.2. The van der Waals surface area contributed by atoms with E-state index in [1.54, 1.807) is 12.1 Å². The van der Waals surface area contributed by atoms with E-state index in [2.05, 4.69) is 12.2 Å². The van der Waals surface area contributed by atoms with E-state index in [1.807, 2.05) is 13.0 Å². The quantitative estimate of drug-likeness (QED) is 0.830. The summed E-state index contributed by atoms with van der Waals surface area (Å²) in [7, 11) is 0. The lowest BCUT2D eigenvalue weighted by Crippen LogP contribution is -2.14. The molecule has 1 aromatic carbocycles. The molecule has 0 atom stereocenters. The summed E-state index contributed by atoms with van der Waals surface area (Å²) in [5.74, 6) is -0.373. The Morgan fingerprint density at radius 2 is 2.27 bits per heavy atom. The molecule has 3 heteroatoms. The zero-order chi connectivity index (χ0) is 11.3. The van der Waals surface area contributed by atoms with Crippen LogP contribution in [-0.2, 0) is 0 Å². The second-order valence-corrected chi connectivity index (χ2v) is 3.85. The van der Waals surface area contributed by atoms with Crippen LogP contribution in [0.5, 0.6) is 0 Å². The van der Waals surface area contributed by atoms with Crippen molar-refractivity contribution in [3.63, 3.8) is 0 Å². The molecule has 0 aliphatic heterocycles. The molecule has 0 spiro atoms. The fourth-order valence-electron chi connectivity index (χ4n) is 1.26. The highest BCUT2D eigenvalue weighted by atomic mass is 35.5. The molecule has 1 rings (SSSR count). The smallest absolute Gasteiger partial charge is 0.142 e. The van der Waals surface area contributed by atoms with Crippen LogP contribution >= 0.6 is 11.6 Å². The van der Waals surface area contributed by atoms with E-state index in [4.69, 9.17) is 11.6 Å². The van der Waals surface area contributed by atoms with Crippen LogP contribution in [0.3, 0.4) is 0 Å². The van der Waals surface area contributed by atoms with Gasteiger partial charge in [-0.25, -0.2) is 4.39 Å². The first-order valence-corrected chi connectivity index (χ1v) is 5.34. The van der Waals surface area contributed by atoms with Gasteiger partial charge in [0.25, 0.3) is 0 Å². The van der Waals surface area contributed by atoms with Gasteiger partial charge in [0.2, 0.25) is 0 Å². The van der Waals surface area contributed by atoms with Crippen LogP contribution in [-0.4, -0.2) is 13.1 Å². The average molecular weight is 228 g/mol. The van der Waals surface area contributed by atoms with Gasteiger partial charge in [0.15, 0.2) is 0 Å². The van der Waals surface area contributed by atoms with E-state index in [9.17, 15) is 4.39 Å². The van der Waals surface area contributed by atoms with Crippen molar-refractivity contribution in [3.05, 3.63) is 40.2 Å². The number of likely N-dealkylation sites (N-methyl/N-ethyl adjacent to an activating group) is 1. The lowest BCUT2D eigenvalue weighted by Gasteiger charge is -2.02. The topological polar surface area (TPSA) is 12.0 Å². The normalized spacial score (nSPS) is 11.9. The molecule has 0 heterocycles. The molecule has 1 nitrogen and oxygen atoms in total. The van der Waals surface area contributed by atoms with Gasteiger partial charge in [-0.2, -0.15) is 0 Å². The third-order valence-corrected chi connectivity index (χ3v) is 2.32. The van der Waals surface area contributed by atoms with Crippen LogP contribution in [0.25, 0.3) is 6.08 Å². The van der Waals surface area contributed by atoms with Crippen LogP contribution in [0.2, 0.25) is 5.02 Å². The van der Waals surface area contributed by atoms with Crippen molar-refractivity contribution >= 4 is 17.7 Å². The van der Waals surface area contributed by atoms with Crippen molar-refractivity contribution in [2.75, 3.05) is 13.1 Å². The summed E-state index contributed by atoms with van der Waals surface area (Å²) in [5, 5.41) is 3.37. The van der Waals surface area contributed by atoms with Gasteiger partial charge in [0.1, 0.15) is 5.82 Å². The Balaban J connectivity index is 2.75. The number of rotatable bonds is 4. The number of halogens is 2. The highest BCUT2D eigenvalue weighted by molar-refractivity contribution is 6.30. The first-order valence-electron chi connectivity index (χ1n) is 4.96. The van der Waals surface area contributed by atoms with Crippen molar-refractivity contribution in [2.45, 2.75) is 13.8 Å². The molecule has 0 fully saturated rings. The Kier molecular flexibility index (Phi) is 4.79. The molecule has 0 aliphatic carbocycles. The van der Waals surface area contributed by atoms with Gasteiger partial charge in [-0.15, -0.1) is 0 Å². The lowest BCUT2D eigenvalue weighted by molar-refractivity contribution is 0.628. The lowest BCUT2D eigenvalue weighted by atomic mass is 10.1. The molecule has 1 aromatic rings. The van der Waals surface area contributed by atoms with E-state index in [0.717, 1.165) is 18.7 Å². The molecular formula is C12H15ClFN. The van der Waals surface area contributed by atoms with Crippen LogP contribution in [0.15, 0.2) is 23.8 Å². The summed E-state index contributed by atoms with van der Waals surface area (Å²) in [6, 6.07) is 4.82. The van der Waals surface area contributed by atoms with Gasteiger partial charge < -0.3 is 5.32 Å². The number of hydrogen-bond acceptors (Lipinski definition) is 1. The number of hydrogen-bond donors (Lipinski definition) is 1. The van der Waals surface area contributed by atoms with Gasteiger partial charge in [0, 0.05) is 6.54 Å². The Hall–Kier alpha value is -0.860. The highest BCUT2D eigenvalue weighted by Crippen LogP contribution is 2.17. The van der Waals surface area contributed by atoms with Crippen LogP contribution in [0, 0.1) is 5.82 Å². The van der Waals surface area contributed by atoms with Crippen molar-refractivity contribution in [1.82, 2.24) is 5.32 Å². The molecule has 0 amide bonds. The molecule has 0 saturated heterocycles. The molecule has 1 N–H and O–H groups in total. The summed E-state index contributed by atoms with van der Waals surface area (Å²) in [6.07, 6.45) is 1.95.